The number of nitrogens with one attached hydrogen (secondary N) is 1. The van der Waals surface area contributed by atoms with Gasteiger partial charge in [-0.2, -0.15) is 5.10 Å². The summed E-state index contributed by atoms with van der Waals surface area (Å²) in [6, 6.07) is 8.31. The average molecular weight is 369 g/mol. The van der Waals surface area contributed by atoms with E-state index in [1.54, 1.807) is 0 Å². The molecule has 7 heteroatoms. The number of likely N-dealkylation sites (tertiary alicyclic amines) is 1. The minimum atomic E-state index is -0.0718. The minimum absolute atomic E-state index is 0.0305. The molecule has 1 aromatic heterocycles. The van der Waals surface area contributed by atoms with Crippen molar-refractivity contribution in [3.8, 4) is 0 Å². The number of rotatable bonds is 5. The second kappa shape index (κ2) is 7.78. The maximum atomic E-state index is 12.3. The van der Waals surface area contributed by atoms with Crippen molar-refractivity contribution in [2.75, 3.05) is 32.1 Å². The molecule has 0 bridgehead atoms. The molecule has 2 aliphatic heterocycles. The van der Waals surface area contributed by atoms with Crippen molar-refractivity contribution in [1.82, 2.24) is 19.7 Å². The normalized spacial score (nSPS) is 21.1. The van der Waals surface area contributed by atoms with E-state index >= 15 is 0 Å². The Kier molecular flexibility index (Phi) is 5.22. The highest BCUT2D eigenvalue weighted by Gasteiger charge is 2.33. The zero-order valence-electron chi connectivity index (χ0n) is 16.0. The predicted octanol–water partition coefficient (Wildman–Crippen LogP) is 2.56. The number of amides is 1. The Morgan fingerprint density at radius 1 is 1.26 bits per heavy atom. The summed E-state index contributed by atoms with van der Waals surface area (Å²) in [7, 11) is 2.15. The Hall–Kier alpha value is -2.25. The van der Waals surface area contributed by atoms with E-state index in [1.807, 2.05) is 25.1 Å². The third-order valence-electron chi connectivity index (χ3n) is 5.48. The number of piperidine rings is 1. The van der Waals surface area contributed by atoms with Gasteiger partial charge in [0.05, 0.1) is 12.0 Å². The van der Waals surface area contributed by atoms with Crippen LogP contribution in [-0.4, -0.2) is 52.3 Å². The van der Waals surface area contributed by atoms with Gasteiger partial charge in [0, 0.05) is 18.7 Å². The van der Waals surface area contributed by atoms with E-state index in [4.69, 9.17) is 14.8 Å². The third kappa shape index (κ3) is 3.75. The molecule has 1 atom stereocenters. The molecule has 0 saturated carbocycles. The molecular formula is C20H27N5O2. The van der Waals surface area contributed by atoms with Crippen LogP contribution in [0.25, 0.3) is 0 Å². The van der Waals surface area contributed by atoms with Crippen LogP contribution < -0.4 is 5.32 Å². The summed E-state index contributed by atoms with van der Waals surface area (Å²) in [5.41, 5.74) is 1.99. The fraction of sp³-hybridized carbons (Fsp3) is 0.550. The summed E-state index contributed by atoms with van der Waals surface area (Å²) >= 11 is 0. The summed E-state index contributed by atoms with van der Waals surface area (Å²) < 4.78 is 7.63. The molecule has 4 rings (SSSR count). The Labute approximate surface area is 159 Å². The molecule has 7 nitrogen and oxygen atoms in total. The zero-order valence-corrected chi connectivity index (χ0v) is 16.0. The standard InChI is InChI=1S/C20H27N5O2/c1-3-27-13-18-22-20(25(23-18)14-8-10-24(2)11-9-14)16-12-19(26)21-17-7-5-4-6-15(16)17/h4-7,14,16H,3,8-13H2,1-2H3,(H,21,26)/t16-/m1/s1. The molecule has 144 valence electrons. The average Bonchev–Trinajstić information content (AvgIpc) is 3.10. The van der Waals surface area contributed by atoms with Gasteiger partial charge >= 0.3 is 0 Å². The number of hydrogen-bond acceptors (Lipinski definition) is 5. The number of benzene rings is 1. The molecule has 1 amide bonds. The number of aromatic nitrogens is 3. The number of hydrogen-bond donors (Lipinski definition) is 1. The van der Waals surface area contributed by atoms with Crippen molar-refractivity contribution in [1.29, 1.82) is 0 Å². The van der Waals surface area contributed by atoms with E-state index in [1.165, 1.54) is 0 Å². The van der Waals surface area contributed by atoms with Crippen LogP contribution >= 0.6 is 0 Å². The molecule has 0 aliphatic carbocycles. The van der Waals surface area contributed by atoms with Crippen molar-refractivity contribution in [2.45, 2.75) is 44.8 Å². The maximum Gasteiger partial charge on any atom is 0.225 e. The molecule has 0 unspecified atom stereocenters. The van der Waals surface area contributed by atoms with Crippen LogP contribution in [0.5, 0.6) is 0 Å². The van der Waals surface area contributed by atoms with E-state index in [0.717, 1.165) is 43.0 Å². The van der Waals surface area contributed by atoms with Gasteiger partial charge in [-0.25, -0.2) is 9.67 Å². The Bertz CT molecular complexity index is 810. The topological polar surface area (TPSA) is 72.3 Å². The summed E-state index contributed by atoms with van der Waals surface area (Å²) in [5, 5.41) is 7.78. The van der Waals surface area contributed by atoms with Crippen molar-refractivity contribution >= 4 is 11.6 Å². The monoisotopic (exact) mass is 369 g/mol. The number of carbonyl (C=O) groups excluding carboxylic acids is 1. The molecule has 3 heterocycles. The van der Waals surface area contributed by atoms with Gasteiger partial charge in [0.2, 0.25) is 5.91 Å². The smallest absolute Gasteiger partial charge is 0.225 e. The lowest BCUT2D eigenvalue weighted by molar-refractivity contribution is -0.116. The summed E-state index contributed by atoms with van der Waals surface area (Å²) in [5.74, 6) is 1.55. The van der Waals surface area contributed by atoms with E-state index in [2.05, 4.69) is 28.0 Å². The number of anilines is 1. The van der Waals surface area contributed by atoms with Crippen LogP contribution in [0, 0.1) is 0 Å². The van der Waals surface area contributed by atoms with Crippen LogP contribution in [0.15, 0.2) is 24.3 Å². The van der Waals surface area contributed by atoms with Gasteiger partial charge in [0.1, 0.15) is 12.4 Å². The van der Waals surface area contributed by atoms with Crippen LogP contribution in [0.4, 0.5) is 5.69 Å². The first-order chi connectivity index (χ1) is 13.2. The highest BCUT2D eigenvalue weighted by Crippen LogP contribution is 2.37. The highest BCUT2D eigenvalue weighted by molar-refractivity contribution is 5.95. The molecule has 1 saturated heterocycles. The number of fused-ring (bicyclic) bond motifs is 1. The summed E-state index contributed by atoms with van der Waals surface area (Å²) in [6.07, 6.45) is 2.49. The minimum Gasteiger partial charge on any atom is -0.374 e. The van der Waals surface area contributed by atoms with Crippen molar-refractivity contribution < 1.29 is 9.53 Å². The quantitative estimate of drug-likeness (QED) is 0.877. The van der Waals surface area contributed by atoms with E-state index in [0.29, 0.717) is 31.5 Å². The summed E-state index contributed by atoms with van der Waals surface area (Å²) in [6.45, 7) is 5.10. The SMILES string of the molecule is CCOCc1nc([C@@H]2CC(=O)Nc3ccccc32)n(C2CCN(C)CC2)n1. The lowest BCUT2D eigenvalue weighted by Gasteiger charge is -2.31. The first-order valence-electron chi connectivity index (χ1n) is 9.76. The first kappa shape index (κ1) is 18.1. The van der Waals surface area contributed by atoms with Gasteiger partial charge in [0.15, 0.2) is 5.82 Å². The Balaban J connectivity index is 1.72. The molecule has 1 aromatic carbocycles. The Morgan fingerprint density at radius 3 is 2.81 bits per heavy atom. The first-order valence-corrected chi connectivity index (χ1v) is 9.76. The lowest BCUT2D eigenvalue weighted by atomic mass is 9.89. The number of nitrogens with zero attached hydrogens (tertiary/aromatic N) is 4. The largest absolute Gasteiger partial charge is 0.374 e. The van der Waals surface area contributed by atoms with Crippen LogP contribution in [0.2, 0.25) is 0 Å². The molecular weight excluding hydrogens is 342 g/mol. The van der Waals surface area contributed by atoms with Gasteiger partial charge in [-0.05, 0) is 51.5 Å². The predicted molar refractivity (Wildman–Crippen MR) is 103 cm³/mol. The van der Waals surface area contributed by atoms with Gasteiger partial charge in [-0.3, -0.25) is 4.79 Å². The van der Waals surface area contributed by atoms with Crippen LogP contribution in [-0.2, 0) is 16.1 Å². The lowest BCUT2D eigenvalue weighted by Crippen LogP contribution is -2.33. The van der Waals surface area contributed by atoms with Gasteiger partial charge in [-0.1, -0.05) is 18.2 Å². The number of carbonyl (C=O) groups is 1. The number of para-hydroxylation sites is 1. The molecule has 1 N–H and O–H groups in total. The fourth-order valence-electron chi connectivity index (χ4n) is 4.02. The highest BCUT2D eigenvalue weighted by atomic mass is 16.5. The summed E-state index contributed by atoms with van der Waals surface area (Å²) in [4.78, 5) is 19.5. The Morgan fingerprint density at radius 2 is 2.04 bits per heavy atom. The second-order valence-electron chi connectivity index (χ2n) is 7.39. The number of ether oxygens (including phenoxy) is 1. The van der Waals surface area contributed by atoms with E-state index in [-0.39, 0.29) is 11.8 Å². The van der Waals surface area contributed by atoms with Gasteiger partial charge in [0.25, 0.3) is 0 Å². The zero-order chi connectivity index (χ0) is 18.8. The molecule has 2 aliphatic rings. The fourth-order valence-corrected chi connectivity index (χ4v) is 4.02. The van der Waals surface area contributed by atoms with Crippen LogP contribution in [0.1, 0.15) is 55.4 Å². The molecule has 27 heavy (non-hydrogen) atoms. The molecule has 2 aromatic rings. The molecule has 1 fully saturated rings. The van der Waals surface area contributed by atoms with E-state index in [9.17, 15) is 4.79 Å². The van der Waals surface area contributed by atoms with Crippen LogP contribution in [0.3, 0.4) is 0 Å². The van der Waals surface area contributed by atoms with Gasteiger partial charge < -0.3 is 15.0 Å². The van der Waals surface area contributed by atoms with Crippen molar-refractivity contribution in [2.24, 2.45) is 0 Å². The third-order valence-corrected chi connectivity index (χ3v) is 5.48. The van der Waals surface area contributed by atoms with E-state index < -0.39 is 0 Å². The molecule has 0 spiro atoms. The van der Waals surface area contributed by atoms with Crippen molar-refractivity contribution in [3.63, 3.8) is 0 Å². The second-order valence-corrected chi connectivity index (χ2v) is 7.39. The van der Waals surface area contributed by atoms with Crippen molar-refractivity contribution in [3.05, 3.63) is 41.5 Å². The molecule has 0 radical (unpaired) electrons. The maximum absolute atomic E-state index is 12.3. The van der Waals surface area contributed by atoms with Gasteiger partial charge in [-0.15, -0.1) is 0 Å².